The van der Waals surface area contributed by atoms with Gasteiger partial charge in [0.05, 0.1) is 29.7 Å². The molecule has 0 bridgehead atoms. The second-order valence-electron chi connectivity index (χ2n) is 12.9. The number of ether oxygens (including phenoxy) is 3. The maximum absolute atomic E-state index is 13.5. The normalized spacial score (nSPS) is 19.5. The van der Waals surface area contributed by atoms with Gasteiger partial charge in [0.1, 0.15) is 29.0 Å². The number of aromatic nitrogens is 1. The van der Waals surface area contributed by atoms with Gasteiger partial charge in [-0.05, 0) is 64.3 Å². The monoisotopic (exact) mass is 692 g/mol. The molecule has 0 saturated carbocycles. The Kier molecular flexibility index (Phi) is 9.74. The van der Waals surface area contributed by atoms with E-state index in [9.17, 15) is 31.5 Å². The van der Waals surface area contributed by atoms with Crippen LogP contribution in [0, 0.1) is 0 Å². The molecule has 1 spiro atoms. The zero-order valence-corrected chi connectivity index (χ0v) is 28.1. The van der Waals surface area contributed by atoms with Crippen molar-refractivity contribution < 1.29 is 40.9 Å². The van der Waals surface area contributed by atoms with E-state index in [-0.39, 0.29) is 53.8 Å². The molecule has 47 heavy (non-hydrogen) atoms. The van der Waals surface area contributed by atoms with Gasteiger partial charge in [0, 0.05) is 36.3 Å². The number of aromatic amines is 1. The van der Waals surface area contributed by atoms with E-state index in [1.807, 2.05) is 0 Å². The molecule has 14 nitrogen and oxygen atoms in total. The van der Waals surface area contributed by atoms with E-state index in [1.54, 1.807) is 45.0 Å². The van der Waals surface area contributed by atoms with E-state index in [4.69, 9.17) is 19.3 Å². The molecule has 2 fully saturated rings. The molecule has 0 aliphatic carbocycles. The number of pyridine rings is 1. The molecule has 16 heteroatoms. The Balaban J connectivity index is 1.25. The summed E-state index contributed by atoms with van der Waals surface area (Å²) in [6.07, 6.45) is 0.445. The minimum Gasteiger partial charge on any atom is -0.491 e. The number of primary sulfonamides is 1. The number of fused-ring (bicyclic) bond motifs is 1. The summed E-state index contributed by atoms with van der Waals surface area (Å²) in [5, 5.41) is 16.4. The molecule has 1 aromatic heterocycles. The third-order valence-electron chi connectivity index (χ3n) is 8.25. The van der Waals surface area contributed by atoms with Gasteiger partial charge in [0.15, 0.2) is 0 Å². The second kappa shape index (κ2) is 13.2. The van der Waals surface area contributed by atoms with E-state index in [0.717, 1.165) is 0 Å². The van der Waals surface area contributed by atoms with Crippen LogP contribution in [0.25, 0.3) is 10.9 Å². The molecule has 2 saturated heterocycles. The number of para-hydroxylation sites is 1. The van der Waals surface area contributed by atoms with Gasteiger partial charge < -0.3 is 29.2 Å². The molecule has 1 amide bonds. The molecular weight excluding hydrogens is 652 g/mol. The molecule has 2 aliphatic rings. The predicted octanol–water partition coefficient (Wildman–Crippen LogP) is 2.16. The Labute approximate surface area is 273 Å². The number of carbonyl (C=O) groups is 1. The summed E-state index contributed by atoms with van der Waals surface area (Å²) in [7, 11) is -8.04. The van der Waals surface area contributed by atoms with Gasteiger partial charge in [-0.15, -0.1) is 0 Å². The van der Waals surface area contributed by atoms with Crippen LogP contribution in [0.5, 0.6) is 5.75 Å². The van der Waals surface area contributed by atoms with Crippen LogP contribution < -0.4 is 15.3 Å². The van der Waals surface area contributed by atoms with Crippen molar-refractivity contribution in [3.05, 3.63) is 65.0 Å². The standard InChI is InChI=1S/C31H40N4O10S2/c1-30(2,3)45-29(38)35(18-22(36)20-43-23-7-6-8-24(15-23)46(32,39)40)21-16-31(44-19-21)11-13-34(14-12-31)47(41,42)27-17-33-26-10-5-4-9-25(26)28(27)37/h4-10,15,17,21-22,36H,11-14,16,18-20H2,1-3H3,(H,33,37)(H2,32,39,40)/t21-,22+/m1/s1. The van der Waals surface area contributed by atoms with Crippen LogP contribution >= 0.6 is 0 Å². The number of amides is 1. The number of hydrogen-bond acceptors (Lipinski definition) is 10. The van der Waals surface area contributed by atoms with Crippen molar-refractivity contribution in [2.75, 3.05) is 32.8 Å². The van der Waals surface area contributed by atoms with Crippen LogP contribution in [0.15, 0.2) is 69.3 Å². The number of sulfonamides is 2. The van der Waals surface area contributed by atoms with Crippen molar-refractivity contribution in [3.8, 4) is 5.75 Å². The van der Waals surface area contributed by atoms with Crippen LogP contribution in [0.1, 0.15) is 40.0 Å². The van der Waals surface area contributed by atoms with Gasteiger partial charge >= 0.3 is 6.09 Å². The van der Waals surface area contributed by atoms with Crippen LogP contribution in [0.4, 0.5) is 4.79 Å². The Bertz CT molecular complexity index is 1900. The third kappa shape index (κ3) is 7.96. The fraction of sp³-hybridized carbons (Fsp3) is 0.484. The van der Waals surface area contributed by atoms with Crippen molar-refractivity contribution in [3.63, 3.8) is 0 Å². The zero-order valence-electron chi connectivity index (χ0n) is 26.4. The van der Waals surface area contributed by atoms with Crippen LogP contribution in [0.3, 0.4) is 0 Å². The van der Waals surface area contributed by atoms with Crippen molar-refractivity contribution in [2.45, 2.75) is 73.2 Å². The SMILES string of the molecule is CC(C)(C)OC(=O)N(C[C@H](O)COc1cccc(S(N)(=O)=O)c1)[C@H]1COC2(CCN(S(=O)(=O)c3c[nH]c4ccccc4c3=O)CC2)C1. The first-order valence-corrected chi connectivity index (χ1v) is 18.1. The highest BCUT2D eigenvalue weighted by Crippen LogP contribution is 2.39. The van der Waals surface area contributed by atoms with Gasteiger partial charge in [-0.3, -0.25) is 4.79 Å². The highest BCUT2D eigenvalue weighted by molar-refractivity contribution is 7.89. The molecule has 2 atom stereocenters. The Morgan fingerprint density at radius 2 is 1.85 bits per heavy atom. The van der Waals surface area contributed by atoms with Gasteiger partial charge in [-0.25, -0.2) is 26.8 Å². The third-order valence-corrected chi connectivity index (χ3v) is 11.1. The lowest BCUT2D eigenvalue weighted by atomic mass is 9.88. The summed E-state index contributed by atoms with van der Waals surface area (Å²) in [5.74, 6) is 0.176. The number of nitrogens with two attached hydrogens (primary N) is 1. The Morgan fingerprint density at radius 3 is 2.53 bits per heavy atom. The molecule has 0 radical (unpaired) electrons. The fourth-order valence-electron chi connectivity index (χ4n) is 5.89. The molecule has 2 aromatic carbocycles. The Morgan fingerprint density at radius 1 is 1.15 bits per heavy atom. The molecule has 4 N–H and O–H groups in total. The lowest BCUT2D eigenvalue weighted by molar-refractivity contribution is -0.0329. The van der Waals surface area contributed by atoms with E-state index in [2.05, 4.69) is 4.98 Å². The van der Waals surface area contributed by atoms with Crippen LogP contribution in [-0.2, 0) is 29.5 Å². The number of H-pyrrole nitrogens is 1. The van der Waals surface area contributed by atoms with Crippen LogP contribution in [0.2, 0.25) is 0 Å². The highest BCUT2D eigenvalue weighted by Gasteiger charge is 2.48. The predicted molar refractivity (Wildman–Crippen MR) is 172 cm³/mol. The lowest BCUT2D eigenvalue weighted by Gasteiger charge is -2.38. The molecule has 3 heterocycles. The fourth-order valence-corrected chi connectivity index (χ4v) is 7.93. The summed E-state index contributed by atoms with van der Waals surface area (Å²) >= 11 is 0. The van der Waals surface area contributed by atoms with Gasteiger partial charge in [-0.2, -0.15) is 4.31 Å². The number of rotatable bonds is 9. The minimum atomic E-state index is -4.09. The number of nitrogens with one attached hydrogen (secondary N) is 1. The minimum absolute atomic E-state index is 0.113. The summed E-state index contributed by atoms with van der Waals surface area (Å²) in [5.41, 5.74) is -1.56. The highest BCUT2D eigenvalue weighted by atomic mass is 32.2. The van der Waals surface area contributed by atoms with Gasteiger partial charge in [0.2, 0.25) is 25.5 Å². The first-order chi connectivity index (χ1) is 22.0. The van der Waals surface area contributed by atoms with Crippen molar-refractivity contribution in [1.82, 2.24) is 14.2 Å². The molecule has 5 rings (SSSR count). The number of carbonyl (C=O) groups excluding carboxylic acids is 1. The van der Waals surface area contributed by atoms with E-state index < -0.39 is 54.9 Å². The maximum Gasteiger partial charge on any atom is 0.410 e. The topological polar surface area (TPSA) is 199 Å². The van der Waals surface area contributed by atoms with Gasteiger partial charge in [0.25, 0.3) is 0 Å². The summed E-state index contributed by atoms with van der Waals surface area (Å²) in [6, 6.07) is 11.8. The summed E-state index contributed by atoms with van der Waals surface area (Å²) < 4.78 is 69.2. The van der Waals surface area contributed by atoms with E-state index >= 15 is 0 Å². The quantitative estimate of drug-likeness (QED) is 0.299. The Hall–Kier alpha value is -3.54. The number of nitrogens with zero attached hydrogens (tertiary/aromatic N) is 2. The van der Waals surface area contributed by atoms with Crippen molar-refractivity contribution in [1.29, 1.82) is 0 Å². The number of piperidine rings is 1. The molecule has 256 valence electrons. The first-order valence-electron chi connectivity index (χ1n) is 15.2. The number of aliphatic hydroxyl groups is 1. The van der Waals surface area contributed by atoms with Crippen molar-refractivity contribution in [2.24, 2.45) is 5.14 Å². The average Bonchev–Trinajstić information content (AvgIpc) is 3.40. The van der Waals surface area contributed by atoms with Gasteiger partial charge in [-0.1, -0.05) is 18.2 Å². The lowest BCUT2D eigenvalue weighted by Crippen LogP contribution is -2.50. The van der Waals surface area contributed by atoms with E-state index in [0.29, 0.717) is 24.8 Å². The second-order valence-corrected chi connectivity index (χ2v) is 16.4. The summed E-state index contributed by atoms with van der Waals surface area (Å²) in [4.78, 5) is 30.2. The average molecular weight is 693 g/mol. The zero-order chi connectivity index (χ0) is 34.2. The smallest absolute Gasteiger partial charge is 0.410 e. The molecule has 3 aromatic rings. The number of hydrogen-bond donors (Lipinski definition) is 3. The largest absolute Gasteiger partial charge is 0.491 e. The summed E-state index contributed by atoms with van der Waals surface area (Å²) in [6.45, 7) is 5.12. The first kappa shape index (κ1) is 34.8. The maximum atomic E-state index is 13.5. The van der Waals surface area contributed by atoms with Crippen molar-refractivity contribution >= 4 is 37.0 Å². The van der Waals surface area contributed by atoms with Crippen LogP contribution in [-0.4, -0.2) is 98.4 Å². The number of benzene rings is 2. The molecule has 0 unspecified atom stereocenters. The number of aliphatic hydroxyl groups excluding tert-OH is 1. The molecule has 2 aliphatic heterocycles. The van der Waals surface area contributed by atoms with E-state index in [1.165, 1.54) is 39.7 Å². The molecular formula is C31H40N4O10S2.